The molecule has 0 aromatic rings. The molecule has 0 aromatic carbocycles. The smallest absolute Gasteiger partial charge is 0.0225 e. The fourth-order valence-corrected chi connectivity index (χ4v) is 2.42. The SMILES string of the molecule is CC(C)CC1C=CC(CC(C)C)C1. The summed E-state index contributed by atoms with van der Waals surface area (Å²) in [5.74, 6) is 3.47. The van der Waals surface area contributed by atoms with E-state index in [0.717, 1.165) is 23.7 Å². The van der Waals surface area contributed by atoms with Crippen molar-refractivity contribution in [2.45, 2.75) is 47.0 Å². The predicted molar refractivity (Wildman–Crippen MR) is 59.6 cm³/mol. The predicted octanol–water partition coefficient (Wildman–Crippen LogP) is 4.27. The van der Waals surface area contributed by atoms with Crippen molar-refractivity contribution in [1.82, 2.24) is 0 Å². The molecule has 0 spiro atoms. The molecule has 0 heteroatoms. The molecule has 2 atom stereocenters. The molecular formula is C13H24. The lowest BCUT2D eigenvalue weighted by Gasteiger charge is -2.15. The molecule has 0 fully saturated rings. The van der Waals surface area contributed by atoms with Crippen molar-refractivity contribution in [1.29, 1.82) is 0 Å². The van der Waals surface area contributed by atoms with Gasteiger partial charge in [-0.3, -0.25) is 0 Å². The summed E-state index contributed by atoms with van der Waals surface area (Å²) in [7, 11) is 0. The number of hydrogen-bond acceptors (Lipinski definition) is 0. The lowest BCUT2D eigenvalue weighted by molar-refractivity contribution is 0.392. The quantitative estimate of drug-likeness (QED) is 0.567. The Morgan fingerprint density at radius 3 is 1.62 bits per heavy atom. The highest BCUT2D eigenvalue weighted by Gasteiger charge is 2.19. The minimum absolute atomic E-state index is 0.854. The molecule has 0 nitrogen and oxygen atoms in total. The molecule has 0 aliphatic heterocycles. The van der Waals surface area contributed by atoms with E-state index in [2.05, 4.69) is 39.8 Å². The molecule has 2 unspecified atom stereocenters. The normalized spacial score (nSPS) is 27.8. The molecule has 13 heavy (non-hydrogen) atoms. The third kappa shape index (κ3) is 3.97. The molecule has 0 N–H and O–H groups in total. The van der Waals surface area contributed by atoms with Crippen LogP contribution in [0.2, 0.25) is 0 Å². The number of allylic oxidation sites excluding steroid dienone is 2. The summed E-state index contributed by atoms with van der Waals surface area (Å²) in [5.41, 5.74) is 0. The first kappa shape index (κ1) is 10.8. The second-order valence-corrected chi connectivity index (χ2v) is 5.40. The summed E-state index contributed by atoms with van der Waals surface area (Å²) in [6.45, 7) is 9.29. The highest BCUT2D eigenvalue weighted by Crippen LogP contribution is 2.32. The summed E-state index contributed by atoms with van der Waals surface area (Å²) < 4.78 is 0. The second-order valence-electron chi connectivity index (χ2n) is 5.40. The Kier molecular flexibility index (Phi) is 4.02. The maximum atomic E-state index is 2.45. The van der Waals surface area contributed by atoms with Gasteiger partial charge in [0.15, 0.2) is 0 Å². The highest BCUT2D eigenvalue weighted by molar-refractivity contribution is 5.02. The van der Waals surface area contributed by atoms with E-state index in [9.17, 15) is 0 Å². The summed E-state index contributed by atoms with van der Waals surface area (Å²) >= 11 is 0. The summed E-state index contributed by atoms with van der Waals surface area (Å²) in [6, 6.07) is 0. The molecule has 0 heterocycles. The molecule has 1 rings (SSSR count). The van der Waals surface area contributed by atoms with Crippen LogP contribution in [0.4, 0.5) is 0 Å². The van der Waals surface area contributed by atoms with Crippen LogP contribution >= 0.6 is 0 Å². The van der Waals surface area contributed by atoms with E-state index < -0.39 is 0 Å². The van der Waals surface area contributed by atoms with Crippen LogP contribution in [-0.2, 0) is 0 Å². The molecule has 1 aliphatic rings. The molecule has 0 radical (unpaired) electrons. The van der Waals surface area contributed by atoms with E-state index in [0.29, 0.717) is 0 Å². The monoisotopic (exact) mass is 180 g/mol. The van der Waals surface area contributed by atoms with Gasteiger partial charge in [0.05, 0.1) is 0 Å². The molecular weight excluding hydrogens is 156 g/mol. The fourth-order valence-electron chi connectivity index (χ4n) is 2.42. The minimum Gasteiger partial charge on any atom is -0.0851 e. The number of hydrogen-bond donors (Lipinski definition) is 0. The van der Waals surface area contributed by atoms with E-state index >= 15 is 0 Å². The van der Waals surface area contributed by atoms with E-state index in [1.165, 1.54) is 19.3 Å². The zero-order valence-corrected chi connectivity index (χ0v) is 9.59. The first-order valence-electron chi connectivity index (χ1n) is 5.76. The maximum absolute atomic E-state index is 2.45. The van der Waals surface area contributed by atoms with Crippen LogP contribution < -0.4 is 0 Å². The summed E-state index contributed by atoms with van der Waals surface area (Å²) in [5, 5.41) is 0. The van der Waals surface area contributed by atoms with Crippen LogP contribution in [0.3, 0.4) is 0 Å². The zero-order valence-electron chi connectivity index (χ0n) is 9.59. The van der Waals surface area contributed by atoms with E-state index in [1.54, 1.807) is 0 Å². The van der Waals surface area contributed by atoms with Crippen LogP contribution in [-0.4, -0.2) is 0 Å². The first-order valence-corrected chi connectivity index (χ1v) is 5.76. The Hall–Kier alpha value is -0.260. The van der Waals surface area contributed by atoms with Gasteiger partial charge in [0.2, 0.25) is 0 Å². The van der Waals surface area contributed by atoms with Gasteiger partial charge in [0.25, 0.3) is 0 Å². The third-order valence-electron chi connectivity index (χ3n) is 2.81. The van der Waals surface area contributed by atoms with Crippen molar-refractivity contribution in [2.24, 2.45) is 23.7 Å². The topological polar surface area (TPSA) is 0 Å². The van der Waals surface area contributed by atoms with Crippen LogP contribution in [0, 0.1) is 23.7 Å². The van der Waals surface area contributed by atoms with Crippen LogP contribution in [0.1, 0.15) is 47.0 Å². The van der Waals surface area contributed by atoms with Gasteiger partial charge in [0.1, 0.15) is 0 Å². The van der Waals surface area contributed by atoms with E-state index in [4.69, 9.17) is 0 Å². The van der Waals surface area contributed by atoms with Gasteiger partial charge in [-0.25, -0.2) is 0 Å². The summed E-state index contributed by atoms with van der Waals surface area (Å²) in [4.78, 5) is 0. The average molecular weight is 180 g/mol. The van der Waals surface area contributed by atoms with E-state index in [1.807, 2.05) is 0 Å². The average Bonchev–Trinajstić information content (AvgIpc) is 2.33. The van der Waals surface area contributed by atoms with Crippen LogP contribution in [0.25, 0.3) is 0 Å². The fraction of sp³-hybridized carbons (Fsp3) is 0.846. The summed E-state index contributed by atoms with van der Waals surface area (Å²) in [6.07, 6.45) is 9.08. The van der Waals surface area contributed by atoms with Gasteiger partial charge in [0, 0.05) is 0 Å². The van der Waals surface area contributed by atoms with Crippen molar-refractivity contribution in [3.8, 4) is 0 Å². The van der Waals surface area contributed by atoms with Crippen molar-refractivity contribution < 1.29 is 0 Å². The van der Waals surface area contributed by atoms with Crippen molar-refractivity contribution in [2.75, 3.05) is 0 Å². The largest absolute Gasteiger partial charge is 0.0851 e. The van der Waals surface area contributed by atoms with Gasteiger partial charge in [-0.1, -0.05) is 39.8 Å². The maximum Gasteiger partial charge on any atom is -0.0225 e. The van der Waals surface area contributed by atoms with Gasteiger partial charge >= 0.3 is 0 Å². The Labute approximate surface area is 83.4 Å². The standard InChI is InChI=1S/C13H24/c1-10(2)7-12-5-6-13(9-12)8-11(3)4/h5-6,10-13H,7-9H2,1-4H3. The molecule has 1 aliphatic carbocycles. The third-order valence-corrected chi connectivity index (χ3v) is 2.81. The Balaban J connectivity index is 2.25. The van der Waals surface area contributed by atoms with Crippen molar-refractivity contribution >= 4 is 0 Å². The Bertz CT molecular complexity index is 147. The Morgan fingerprint density at radius 2 is 1.31 bits per heavy atom. The van der Waals surface area contributed by atoms with Crippen LogP contribution in [0.15, 0.2) is 12.2 Å². The first-order chi connectivity index (χ1) is 6.08. The highest BCUT2D eigenvalue weighted by atomic mass is 14.2. The molecule has 0 saturated heterocycles. The molecule has 0 aromatic heterocycles. The molecule has 0 bridgehead atoms. The van der Waals surface area contributed by atoms with E-state index in [-0.39, 0.29) is 0 Å². The van der Waals surface area contributed by atoms with Crippen molar-refractivity contribution in [3.63, 3.8) is 0 Å². The molecule has 76 valence electrons. The lowest BCUT2D eigenvalue weighted by atomic mass is 9.90. The Morgan fingerprint density at radius 1 is 0.923 bits per heavy atom. The molecule has 0 saturated carbocycles. The zero-order chi connectivity index (χ0) is 9.84. The van der Waals surface area contributed by atoms with Gasteiger partial charge in [-0.05, 0) is 42.9 Å². The number of rotatable bonds is 4. The van der Waals surface area contributed by atoms with Crippen molar-refractivity contribution in [3.05, 3.63) is 12.2 Å². The second kappa shape index (κ2) is 4.83. The minimum atomic E-state index is 0.854. The van der Waals surface area contributed by atoms with Crippen LogP contribution in [0.5, 0.6) is 0 Å². The lowest BCUT2D eigenvalue weighted by Crippen LogP contribution is -2.04. The molecule has 0 amide bonds. The van der Waals surface area contributed by atoms with Gasteiger partial charge < -0.3 is 0 Å². The van der Waals surface area contributed by atoms with Gasteiger partial charge in [-0.2, -0.15) is 0 Å². The van der Waals surface area contributed by atoms with Gasteiger partial charge in [-0.15, -0.1) is 0 Å².